The highest BCUT2D eigenvalue weighted by atomic mass is 79.9. The number of hydrogen-bond donors (Lipinski definition) is 1. The van der Waals surface area contributed by atoms with Gasteiger partial charge in [0.25, 0.3) is 5.91 Å². The van der Waals surface area contributed by atoms with E-state index >= 15 is 0 Å². The van der Waals surface area contributed by atoms with Gasteiger partial charge >= 0.3 is 0 Å². The highest BCUT2D eigenvalue weighted by molar-refractivity contribution is 9.10. The van der Waals surface area contributed by atoms with Crippen LogP contribution in [0.3, 0.4) is 0 Å². The van der Waals surface area contributed by atoms with Gasteiger partial charge in [0.05, 0.1) is 6.61 Å². The van der Waals surface area contributed by atoms with Crippen LogP contribution in [0.2, 0.25) is 0 Å². The molecule has 4 nitrogen and oxygen atoms in total. The van der Waals surface area contributed by atoms with Gasteiger partial charge in [-0.3, -0.25) is 9.69 Å². The van der Waals surface area contributed by atoms with Crippen molar-refractivity contribution in [2.45, 2.75) is 12.5 Å². The Morgan fingerprint density at radius 2 is 2.42 bits per heavy atom. The van der Waals surface area contributed by atoms with E-state index in [2.05, 4.69) is 26.1 Å². The third-order valence-corrected chi connectivity index (χ3v) is 3.80. The lowest BCUT2D eigenvalue weighted by molar-refractivity contribution is 0.0936. The molecule has 0 unspecified atom stereocenters. The van der Waals surface area contributed by atoms with Crippen LogP contribution in [0.1, 0.15) is 16.8 Å². The van der Waals surface area contributed by atoms with Gasteiger partial charge in [-0.25, -0.2) is 0 Å². The van der Waals surface area contributed by atoms with E-state index in [1.807, 2.05) is 24.3 Å². The van der Waals surface area contributed by atoms with E-state index in [0.29, 0.717) is 5.56 Å². The van der Waals surface area contributed by atoms with Gasteiger partial charge in [-0.15, -0.1) is 0 Å². The number of hydrogen-bond acceptors (Lipinski definition) is 3. The fourth-order valence-electron chi connectivity index (χ4n) is 2.27. The Morgan fingerprint density at radius 1 is 1.58 bits per heavy atom. The molecule has 1 amide bonds. The monoisotopic (exact) mass is 326 g/mol. The molecular formula is C14H19BrN2O2. The molecule has 1 aliphatic rings. The summed E-state index contributed by atoms with van der Waals surface area (Å²) in [7, 11) is 1.71. The van der Waals surface area contributed by atoms with Gasteiger partial charge in [0, 0.05) is 42.8 Å². The average molecular weight is 327 g/mol. The van der Waals surface area contributed by atoms with Crippen LogP contribution in [0.15, 0.2) is 28.7 Å². The molecule has 0 spiro atoms. The SMILES string of the molecule is COCCN1CC[C@H](NC(=O)c2cccc(Br)c2)C1. The molecule has 104 valence electrons. The Bertz CT molecular complexity index is 439. The predicted molar refractivity (Wildman–Crippen MR) is 78.3 cm³/mol. The molecule has 5 heteroatoms. The smallest absolute Gasteiger partial charge is 0.251 e. The average Bonchev–Trinajstić information content (AvgIpc) is 2.84. The first-order valence-electron chi connectivity index (χ1n) is 6.47. The molecule has 1 saturated heterocycles. The molecule has 2 rings (SSSR count). The van der Waals surface area contributed by atoms with E-state index in [9.17, 15) is 4.79 Å². The third-order valence-electron chi connectivity index (χ3n) is 3.31. The zero-order valence-electron chi connectivity index (χ0n) is 11.1. The van der Waals surface area contributed by atoms with Crippen LogP contribution in [0.4, 0.5) is 0 Å². The van der Waals surface area contributed by atoms with Crippen LogP contribution in [0.5, 0.6) is 0 Å². The van der Waals surface area contributed by atoms with Crippen molar-refractivity contribution < 1.29 is 9.53 Å². The number of nitrogens with one attached hydrogen (secondary N) is 1. The summed E-state index contributed by atoms with van der Waals surface area (Å²) in [5.41, 5.74) is 0.699. The van der Waals surface area contributed by atoms with Gasteiger partial charge in [0.2, 0.25) is 0 Å². The predicted octanol–water partition coefficient (Wildman–Crippen LogP) is 1.90. The first kappa shape index (κ1) is 14.5. The summed E-state index contributed by atoms with van der Waals surface area (Å²) >= 11 is 3.38. The van der Waals surface area contributed by atoms with Gasteiger partial charge in [0.15, 0.2) is 0 Å². The minimum Gasteiger partial charge on any atom is -0.383 e. The highest BCUT2D eigenvalue weighted by Crippen LogP contribution is 2.13. The van der Waals surface area contributed by atoms with E-state index in [0.717, 1.165) is 37.1 Å². The third kappa shape index (κ3) is 4.30. The molecular weight excluding hydrogens is 308 g/mol. The van der Waals surface area contributed by atoms with Gasteiger partial charge in [-0.2, -0.15) is 0 Å². The molecule has 1 heterocycles. The summed E-state index contributed by atoms with van der Waals surface area (Å²) in [6.07, 6.45) is 1.00. The molecule has 1 atom stereocenters. The van der Waals surface area contributed by atoms with Crippen molar-refractivity contribution in [1.29, 1.82) is 0 Å². The number of methoxy groups -OCH3 is 1. The number of nitrogens with zero attached hydrogens (tertiary/aromatic N) is 1. The topological polar surface area (TPSA) is 41.6 Å². The molecule has 0 aliphatic carbocycles. The fraction of sp³-hybridized carbons (Fsp3) is 0.500. The number of halogens is 1. The van der Waals surface area contributed by atoms with Crippen molar-refractivity contribution in [3.8, 4) is 0 Å². The van der Waals surface area contributed by atoms with Gasteiger partial charge < -0.3 is 10.1 Å². The van der Waals surface area contributed by atoms with Crippen LogP contribution < -0.4 is 5.32 Å². The Morgan fingerprint density at radius 3 is 3.16 bits per heavy atom. The molecule has 1 N–H and O–H groups in total. The molecule has 1 aromatic carbocycles. The molecule has 0 saturated carbocycles. The lowest BCUT2D eigenvalue weighted by Crippen LogP contribution is -2.37. The van der Waals surface area contributed by atoms with Crippen LogP contribution in [-0.2, 0) is 4.74 Å². The quantitative estimate of drug-likeness (QED) is 0.898. The first-order chi connectivity index (χ1) is 9.19. The van der Waals surface area contributed by atoms with Crippen molar-refractivity contribution in [2.24, 2.45) is 0 Å². The molecule has 1 aliphatic heterocycles. The summed E-state index contributed by atoms with van der Waals surface area (Å²) in [5, 5.41) is 3.09. The Hall–Kier alpha value is -0.910. The lowest BCUT2D eigenvalue weighted by atomic mass is 10.2. The molecule has 0 radical (unpaired) electrons. The molecule has 19 heavy (non-hydrogen) atoms. The Kier molecular flexibility index (Phi) is 5.36. The van der Waals surface area contributed by atoms with E-state index in [-0.39, 0.29) is 11.9 Å². The lowest BCUT2D eigenvalue weighted by Gasteiger charge is -2.16. The number of ether oxygens (including phenoxy) is 1. The largest absolute Gasteiger partial charge is 0.383 e. The number of benzene rings is 1. The summed E-state index contributed by atoms with van der Waals surface area (Å²) in [4.78, 5) is 14.4. The number of carbonyl (C=O) groups excluding carboxylic acids is 1. The summed E-state index contributed by atoms with van der Waals surface area (Å²) in [5.74, 6) is -0.000100. The fourth-order valence-corrected chi connectivity index (χ4v) is 2.67. The van der Waals surface area contributed by atoms with Gasteiger partial charge in [-0.05, 0) is 24.6 Å². The second kappa shape index (κ2) is 7.03. The molecule has 0 bridgehead atoms. The summed E-state index contributed by atoms with van der Waals surface area (Å²) in [6.45, 7) is 3.60. The maximum atomic E-state index is 12.1. The number of rotatable bonds is 5. The Labute approximate surface area is 122 Å². The van der Waals surface area contributed by atoms with Crippen LogP contribution in [0, 0.1) is 0 Å². The van der Waals surface area contributed by atoms with Crippen LogP contribution in [0.25, 0.3) is 0 Å². The zero-order valence-corrected chi connectivity index (χ0v) is 12.6. The number of amides is 1. The van der Waals surface area contributed by atoms with Crippen LogP contribution >= 0.6 is 15.9 Å². The molecule has 1 aromatic rings. The molecule has 0 aromatic heterocycles. The van der Waals surface area contributed by atoms with E-state index < -0.39 is 0 Å². The highest BCUT2D eigenvalue weighted by Gasteiger charge is 2.23. The maximum absolute atomic E-state index is 12.1. The standard InChI is InChI=1S/C14H19BrN2O2/c1-19-8-7-17-6-5-13(10-17)16-14(18)11-3-2-4-12(15)9-11/h2-4,9,13H,5-8,10H2,1H3,(H,16,18)/t13-/m0/s1. The van der Waals surface area contributed by atoms with Crippen molar-refractivity contribution in [3.63, 3.8) is 0 Å². The molecule has 1 fully saturated rings. The van der Waals surface area contributed by atoms with Gasteiger partial charge in [-0.1, -0.05) is 22.0 Å². The van der Waals surface area contributed by atoms with E-state index in [1.54, 1.807) is 7.11 Å². The normalized spacial score (nSPS) is 19.6. The van der Waals surface area contributed by atoms with Crippen molar-refractivity contribution in [3.05, 3.63) is 34.3 Å². The van der Waals surface area contributed by atoms with Crippen molar-refractivity contribution >= 4 is 21.8 Å². The van der Waals surface area contributed by atoms with Crippen LogP contribution in [-0.4, -0.2) is 50.2 Å². The number of carbonyl (C=O) groups is 1. The van der Waals surface area contributed by atoms with Crippen molar-refractivity contribution in [2.75, 3.05) is 33.4 Å². The maximum Gasteiger partial charge on any atom is 0.251 e. The zero-order chi connectivity index (χ0) is 13.7. The minimum absolute atomic E-state index is 0.000100. The van der Waals surface area contributed by atoms with E-state index in [4.69, 9.17) is 4.74 Å². The van der Waals surface area contributed by atoms with Crippen molar-refractivity contribution in [1.82, 2.24) is 10.2 Å². The summed E-state index contributed by atoms with van der Waals surface area (Å²) < 4.78 is 5.99. The second-order valence-corrected chi connectivity index (χ2v) is 5.68. The van der Waals surface area contributed by atoms with E-state index in [1.165, 1.54) is 0 Å². The first-order valence-corrected chi connectivity index (χ1v) is 7.26. The minimum atomic E-state index is -0.000100. The van der Waals surface area contributed by atoms with Gasteiger partial charge in [0.1, 0.15) is 0 Å². The Balaban J connectivity index is 1.84. The second-order valence-electron chi connectivity index (χ2n) is 4.76. The summed E-state index contributed by atoms with van der Waals surface area (Å²) in [6, 6.07) is 7.70. The number of likely N-dealkylation sites (tertiary alicyclic amines) is 1.